The van der Waals surface area contributed by atoms with Gasteiger partial charge in [0.15, 0.2) is 0 Å². The van der Waals surface area contributed by atoms with Gasteiger partial charge in [-0.15, -0.1) is 0 Å². The molecule has 2 rings (SSSR count). The standard InChI is InChI=1S/C15H23N/c1-12-9-13(2)11-14(10-12)7-8-16-15-5-3-4-6-15/h9-11,15-16H,3-8H2,1-2H3. The minimum Gasteiger partial charge on any atom is -0.314 e. The monoisotopic (exact) mass is 217 g/mol. The van der Waals surface area contributed by atoms with Crippen molar-refractivity contribution >= 4 is 0 Å². The van der Waals surface area contributed by atoms with Crippen LogP contribution < -0.4 is 5.32 Å². The molecule has 1 aliphatic rings. The van der Waals surface area contributed by atoms with Crippen molar-refractivity contribution in [3.05, 3.63) is 34.9 Å². The molecule has 1 saturated carbocycles. The topological polar surface area (TPSA) is 12.0 Å². The Balaban J connectivity index is 1.80. The number of aryl methyl sites for hydroxylation is 2. The Kier molecular flexibility index (Phi) is 4.00. The summed E-state index contributed by atoms with van der Waals surface area (Å²) >= 11 is 0. The van der Waals surface area contributed by atoms with E-state index in [1.807, 2.05) is 0 Å². The highest BCUT2D eigenvalue weighted by Crippen LogP contribution is 2.17. The van der Waals surface area contributed by atoms with Crippen molar-refractivity contribution in [3.63, 3.8) is 0 Å². The Hall–Kier alpha value is -0.820. The van der Waals surface area contributed by atoms with Crippen LogP contribution in [0.5, 0.6) is 0 Å². The first-order valence-corrected chi connectivity index (χ1v) is 6.54. The maximum Gasteiger partial charge on any atom is 0.00671 e. The molecule has 0 unspecified atom stereocenters. The van der Waals surface area contributed by atoms with E-state index in [1.54, 1.807) is 0 Å². The van der Waals surface area contributed by atoms with Crippen molar-refractivity contribution in [1.82, 2.24) is 5.32 Å². The molecule has 1 fully saturated rings. The molecule has 0 radical (unpaired) electrons. The van der Waals surface area contributed by atoms with Crippen LogP contribution in [0.4, 0.5) is 0 Å². The van der Waals surface area contributed by atoms with Gasteiger partial charge in [-0.3, -0.25) is 0 Å². The summed E-state index contributed by atoms with van der Waals surface area (Å²) < 4.78 is 0. The van der Waals surface area contributed by atoms with E-state index in [1.165, 1.54) is 48.8 Å². The average Bonchev–Trinajstić information content (AvgIpc) is 2.69. The van der Waals surface area contributed by atoms with Crippen LogP contribution in [-0.4, -0.2) is 12.6 Å². The lowest BCUT2D eigenvalue weighted by Gasteiger charge is -2.12. The average molecular weight is 217 g/mol. The van der Waals surface area contributed by atoms with Gasteiger partial charge in [-0.1, -0.05) is 42.2 Å². The molecule has 1 aliphatic carbocycles. The third-order valence-electron chi connectivity index (χ3n) is 3.48. The molecule has 0 aliphatic heterocycles. The molecule has 0 heterocycles. The summed E-state index contributed by atoms with van der Waals surface area (Å²) in [4.78, 5) is 0. The summed E-state index contributed by atoms with van der Waals surface area (Å²) in [6, 6.07) is 7.66. The van der Waals surface area contributed by atoms with Gasteiger partial charge in [-0.2, -0.15) is 0 Å². The van der Waals surface area contributed by atoms with Crippen molar-refractivity contribution < 1.29 is 0 Å². The van der Waals surface area contributed by atoms with Crippen molar-refractivity contribution in [1.29, 1.82) is 0 Å². The highest BCUT2D eigenvalue weighted by Gasteiger charge is 2.13. The van der Waals surface area contributed by atoms with Crippen LogP contribution in [-0.2, 0) is 6.42 Å². The molecule has 1 aromatic rings. The lowest BCUT2D eigenvalue weighted by Crippen LogP contribution is -2.28. The normalized spacial score (nSPS) is 16.9. The van der Waals surface area contributed by atoms with Crippen molar-refractivity contribution in [2.75, 3.05) is 6.54 Å². The van der Waals surface area contributed by atoms with E-state index >= 15 is 0 Å². The molecular formula is C15H23N. The van der Waals surface area contributed by atoms with Gasteiger partial charge in [-0.05, 0) is 45.2 Å². The SMILES string of the molecule is Cc1cc(C)cc(CCNC2CCCC2)c1. The number of rotatable bonds is 4. The Morgan fingerprint density at radius 2 is 1.69 bits per heavy atom. The molecule has 16 heavy (non-hydrogen) atoms. The Morgan fingerprint density at radius 3 is 2.31 bits per heavy atom. The molecule has 0 atom stereocenters. The highest BCUT2D eigenvalue weighted by molar-refractivity contribution is 5.28. The Morgan fingerprint density at radius 1 is 1.06 bits per heavy atom. The van der Waals surface area contributed by atoms with Crippen molar-refractivity contribution in [2.24, 2.45) is 0 Å². The molecule has 0 aromatic heterocycles. The van der Waals surface area contributed by atoms with Gasteiger partial charge in [0.25, 0.3) is 0 Å². The zero-order chi connectivity index (χ0) is 11.4. The van der Waals surface area contributed by atoms with E-state index in [0.717, 1.165) is 12.6 Å². The first kappa shape index (κ1) is 11.7. The van der Waals surface area contributed by atoms with Crippen LogP contribution in [0, 0.1) is 13.8 Å². The van der Waals surface area contributed by atoms with Gasteiger partial charge in [0.2, 0.25) is 0 Å². The largest absolute Gasteiger partial charge is 0.314 e. The molecule has 0 spiro atoms. The minimum absolute atomic E-state index is 0.797. The molecule has 1 N–H and O–H groups in total. The maximum absolute atomic E-state index is 3.67. The third-order valence-corrected chi connectivity index (χ3v) is 3.48. The van der Waals surface area contributed by atoms with Gasteiger partial charge in [0, 0.05) is 6.04 Å². The van der Waals surface area contributed by atoms with Crippen LogP contribution in [0.25, 0.3) is 0 Å². The van der Waals surface area contributed by atoms with Crippen molar-refractivity contribution in [3.8, 4) is 0 Å². The number of benzene rings is 1. The Bertz CT molecular complexity index is 317. The second-order valence-electron chi connectivity index (χ2n) is 5.18. The second-order valence-corrected chi connectivity index (χ2v) is 5.18. The molecule has 0 amide bonds. The fourth-order valence-electron chi connectivity index (χ4n) is 2.76. The van der Waals surface area contributed by atoms with Crippen molar-refractivity contribution in [2.45, 2.75) is 52.0 Å². The summed E-state index contributed by atoms with van der Waals surface area (Å²) in [6.45, 7) is 5.50. The maximum atomic E-state index is 3.67. The lowest BCUT2D eigenvalue weighted by molar-refractivity contribution is 0.527. The van der Waals surface area contributed by atoms with Gasteiger partial charge < -0.3 is 5.32 Å². The van der Waals surface area contributed by atoms with E-state index in [4.69, 9.17) is 0 Å². The van der Waals surface area contributed by atoms with Crippen LogP contribution >= 0.6 is 0 Å². The predicted molar refractivity (Wildman–Crippen MR) is 69.9 cm³/mol. The highest BCUT2D eigenvalue weighted by atomic mass is 14.9. The van der Waals surface area contributed by atoms with Crippen LogP contribution in [0.2, 0.25) is 0 Å². The summed E-state index contributed by atoms with van der Waals surface area (Å²) in [5.41, 5.74) is 4.25. The molecule has 0 bridgehead atoms. The first-order valence-electron chi connectivity index (χ1n) is 6.54. The van der Waals surface area contributed by atoms with Crippen LogP contribution in [0.3, 0.4) is 0 Å². The third kappa shape index (κ3) is 3.34. The molecule has 0 saturated heterocycles. The molecule has 1 nitrogen and oxygen atoms in total. The summed E-state index contributed by atoms with van der Waals surface area (Å²) in [7, 11) is 0. The van der Waals surface area contributed by atoms with Gasteiger partial charge in [0.05, 0.1) is 0 Å². The van der Waals surface area contributed by atoms with E-state index < -0.39 is 0 Å². The lowest BCUT2D eigenvalue weighted by atomic mass is 10.0. The van der Waals surface area contributed by atoms with E-state index in [-0.39, 0.29) is 0 Å². The second kappa shape index (κ2) is 5.49. The molecule has 1 aromatic carbocycles. The van der Waals surface area contributed by atoms with Crippen LogP contribution in [0.1, 0.15) is 42.4 Å². The zero-order valence-corrected chi connectivity index (χ0v) is 10.6. The summed E-state index contributed by atoms with van der Waals surface area (Å²) in [5.74, 6) is 0. The van der Waals surface area contributed by atoms with E-state index in [9.17, 15) is 0 Å². The molecular weight excluding hydrogens is 194 g/mol. The predicted octanol–water partition coefficient (Wildman–Crippen LogP) is 3.38. The van der Waals surface area contributed by atoms with Gasteiger partial charge in [-0.25, -0.2) is 0 Å². The summed E-state index contributed by atoms with van der Waals surface area (Å²) in [5, 5.41) is 3.67. The summed E-state index contributed by atoms with van der Waals surface area (Å²) in [6.07, 6.45) is 6.77. The quantitative estimate of drug-likeness (QED) is 0.815. The Labute approximate surface area is 99.3 Å². The molecule has 88 valence electrons. The molecule has 1 heteroatoms. The van der Waals surface area contributed by atoms with Crippen LogP contribution in [0.15, 0.2) is 18.2 Å². The van der Waals surface area contributed by atoms with E-state index in [2.05, 4.69) is 37.4 Å². The fraction of sp³-hybridized carbons (Fsp3) is 0.600. The number of hydrogen-bond acceptors (Lipinski definition) is 1. The number of hydrogen-bond donors (Lipinski definition) is 1. The van der Waals surface area contributed by atoms with Gasteiger partial charge >= 0.3 is 0 Å². The first-order chi connectivity index (χ1) is 7.74. The minimum atomic E-state index is 0.797. The fourth-order valence-corrected chi connectivity index (χ4v) is 2.76. The van der Waals surface area contributed by atoms with E-state index in [0.29, 0.717) is 0 Å². The zero-order valence-electron chi connectivity index (χ0n) is 10.6. The smallest absolute Gasteiger partial charge is 0.00671 e. The van der Waals surface area contributed by atoms with Gasteiger partial charge in [0.1, 0.15) is 0 Å². The number of nitrogens with one attached hydrogen (secondary N) is 1.